The highest BCUT2D eigenvalue weighted by molar-refractivity contribution is 6.02. The van der Waals surface area contributed by atoms with E-state index in [-0.39, 0.29) is 5.91 Å². The number of carbonyl (C=O) groups excluding carboxylic acids is 1. The van der Waals surface area contributed by atoms with E-state index in [9.17, 15) is 4.79 Å². The molecule has 0 bridgehead atoms. The third-order valence-corrected chi connectivity index (χ3v) is 4.04. The first-order chi connectivity index (χ1) is 13.6. The first-order valence-electron chi connectivity index (χ1n) is 9.13. The molecule has 1 amide bonds. The normalized spacial score (nSPS) is 10.6. The molecule has 150 valence electrons. The molecule has 2 aromatic rings. The van der Waals surface area contributed by atoms with Gasteiger partial charge in [0.1, 0.15) is 11.5 Å². The minimum atomic E-state index is -0.272. The van der Waals surface area contributed by atoms with Gasteiger partial charge in [0.25, 0.3) is 0 Å². The number of hydrogen-bond donors (Lipinski definition) is 1. The number of anilines is 1. The van der Waals surface area contributed by atoms with Crippen molar-refractivity contribution >= 4 is 17.7 Å². The number of benzene rings is 2. The van der Waals surface area contributed by atoms with Crippen molar-refractivity contribution in [2.24, 2.45) is 0 Å². The highest BCUT2D eigenvalue weighted by Gasteiger charge is 2.08. The fourth-order valence-electron chi connectivity index (χ4n) is 2.48. The van der Waals surface area contributed by atoms with E-state index in [2.05, 4.69) is 12.2 Å². The van der Waals surface area contributed by atoms with Crippen molar-refractivity contribution < 1.29 is 23.7 Å². The lowest BCUT2D eigenvalue weighted by atomic mass is 10.2. The first kappa shape index (κ1) is 21.2. The maximum Gasteiger partial charge on any atom is 0.248 e. The molecule has 0 aliphatic carbocycles. The van der Waals surface area contributed by atoms with Crippen LogP contribution in [0.25, 0.3) is 6.08 Å². The minimum Gasteiger partial charge on any atom is -0.497 e. The predicted octanol–water partition coefficient (Wildman–Crippen LogP) is 4.54. The Kier molecular flexibility index (Phi) is 8.21. The topological polar surface area (TPSA) is 66.0 Å². The zero-order valence-electron chi connectivity index (χ0n) is 16.8. The van der Waals surface area contributed by atoms with Crippen LogP contribution in [-0.4, -0.2) is 33.8 Å². The molecule has 1 N–H and O–H groups in total. The van der Waals surface area contributed by atoms with E-state index < -0.39 is 0 Å². The fourth-order valence-corrected chi connectivity index (χ4v) is 2.48. The molecule has 6 nitrogen and oxygen atoms in total. The van der Waals surface area contributed by atoms with Gasteiger partial charge in [0.2, 0.25) is 5.91 Å². The fraction of sp³-hybridized carbons (Fsp3) is 0.318. The van der Waals surface area contributed by atoms with Crippen LogP contribution in [-0.2, 0) is 4.79 Å². The monoisotopic (exact) mass is 385 g/mol. The lowest BCUT2D eigenvalue weighted by Crippen LogP contribution is -2.09. The molecule has 0 aliphatic heterocycles. The van der Waals surface area contributed by atoms with E-state index in [4.69, 9.17) is 18.9 Å². The van der Waals surface area contributed by atoms with Crippen LogP contribution in [0, 0.1) is 0 Å². The molecule has 6 heteroatoms. The number of rotatable bonds is 10. The molecular weight excluding hydrogens is 358 g/mol. The number of hydrogen-bond acceptors (Lipinski definition) is 5. The summed E-state index contributed by atoms with van der Waals surface area (Å²) in [6.45, 7) is 2.76. The SMILES string of the molecule is CCCCOc1ccc(/C=C/C(=O)Nc2ccc(OC)cc2OC)cc1OC. The molecule has 0 unspecified atom stereocenters. The molecule has 0 spiro atoms. The van der Waals surface area contributed by atoms with Gasteiger partial charge in [0.05, 0.1) is 33.6 Å². The summed E-state index contributed by atoms with van der Waals surface area (Å²) in [5.41, 5.74) is 1.40. The molecular formula is C22H27NO5. The first-order valence-corrected chi connectivity index (χ1v) is 9.13. The van der Waals surface area contributed by atoms with Crippen molar-refractivity contribution in [3.05, 3.63) is 48.0 Å². The molecule has 2 rings (SSSR count). The summed E-state index contributed by atoms with van der Waals surface area (Å²) in [5.74, 6) is 2.23. The Morgan fingerprint density at radius 1 is 0.964 bits per heavy atom. The number of ether oxygens (including phenoxy) is 4. The zero-order chi connectivity index (χ0) is 20.4. The molecule has 0 radical (unpaired) electrons. The summed E-state index contributed by atoms with van der Waals surface area (Å²) in [4.78, 5) is 12.3. The van der Waals surface area contributed by atoms with Crippen LogP contribution in [0.15, 0.2) is 42.5 Å². The molecule has 0 aromatic heterocycles. The van der Waals surface area contributed by atoms with E-state index in [1.807, 2.05) is 18.2 Å². The van der Waals surface area contributed by atoms with Crippen LogP contribution in [0.1, 0.15) is 25.3 Å². The van der Waals surface area contributed by atoms with Crippen LogP contribution >= 0.6 is 0 Å². The van der Waals surface area contributed by atoms with E-state index in [1.165, 1.54) is 13.2 Å². The third-order valence-electron chi connectivity index (χ3n) is 4.04. The second-order valence-corrected chi connectivity index (χ2v) is 6.00. The van der Waals surface area contributed by atoms with Gasteiger partial charge in [0, 0.05) is 12.1 Å². The molecule has 0 fully saturated rings. The Hall–Kier alpha value is -3.15. The van der Waals surface area contributed by atoms with Crippen molar-refractivity contribution in [2.45, 2.75) is 19.8 Å². The third kappa shape index (κ3) is 5.94. The van der Waals surface area contributed by atoms with Crippen LogP contribution in [0.5, 0.6) is 23.0 Å². The largest absolute Gasteiger partial charge is 0.497 e. The van der Waals surface area contributed by atoms with Gasteiger partial charge in [-0.2, -0.15) is 0 Å². The van der Waals surface area contributed by atoms with Gasteiger partial charge in [-0.1, -0.05) is 19.4 Å². The van der Waals surface area contributed by atoms with E-state index >= 15 is 0 Å². The second-order valence-electron chi connectivity index (χ2n) is 6.00. The quantitative estimate of drug-likeness (QED) is 0.480. The number of carbonyl (C=O) groups is 1. The Balaban J connectivity index is 2.05. The van der Waals surface area contributed by atoms with Gasteiger partial charge in [-0.05, 0) is 42.3 Å². The van der Waals surface area contributed by atoms with Gasteiger partial charge in [-0.15, -0.1) is 0 Å². The summed E-state index contributed by atoms with van der Waals surface area (Å²) in [7, 11) is 4.71. The van der Waals surface area contributed by atoms with Crippen molar-refractivity contribution in [1.29, 1.82) is 0 Å². The van der Waals surface area contributed by atoms with Crippen molar-refractivity contribution in [1.82, 2.24) is 0 Å². The standard InChI is InChI=1S/C22H27NO5/c1-5-6-13-28-19-11-7-16(14-21(19)27-4)8-12-22(24)23-18-10-9-17(25-2)15-20(18)26-3/h7-12,14-15H,5-6,13H2,1-4H3,(H,23,24)/b12-8+. The van der Waals surface area contributed by atoms with Crippen LogP contribution in [0.3, 0.4) is 0 Å². The summed E-state index contributed by atoms with van der Waals surface area (Å²) in [5, 5.41) is 2.80. The van der Waals surface area contributed by atoms with E-state index in [0.717, 1.165) is 18.4 Å². The number of methoxy groups -OCH3 is 3. The molecule has 0 aliphatic rings. The summed E-state index contributed by atoms with van der Waals surface area (Å²) >= 11 is 0. The molecule has 0 saturated heterocycles. The van der Waals surface area contributed by atoms with Gasteiger partial charge < -0.3 is 24.3 Å². The second kappa shape index (κ2) is 10.9. The van der Waals surface area contributed by atoms with Crippen LogP contribution in [0.2, 0.25) is 0 Å². The van der Waals surface area contributed by atoms with Crippen molar-refractivity contribution in [3.8, 4) is 23.0 Å². The van der Waals surface area contributed by atoms with Gasteiger partial charge in [-0.3, -0.25) is 4.79 Å². The average Bonchev–Trinajstić information content (AvgIpc) is 2.73. The smallest absolute Gasteiger partial charge is 0.248 e. The maximum absolute atomic E-state index is 12.3. The zero-order valence-corrected chi connectivity index (χ0v) is 16.8. The Morgan fingerprint density at radius 3 is 2.43 bits per heavy atom. The highest BCUT2D eigenvalue weighted by atomic mass is 16.5. The Bertz CT molecular complexity index is 817. The molecule has 0 heterocycles. The van der Waals surface area contributed by atoms with E-state index in [1.54, 1.807) is 38.5 Å². The molecule has 28 heavy (non-hydrogen) atoms. The predicted molar refractivity (Wildman–Crippen MR) is 111 cm³/mol. The lowest BCUT2D eigenvalue weighted by Gasteiger charge is -2.11. The Labute approximate surface area is 166 Å². The average molecular weight is 385 g/mol. The van der Waals surface area contributed by atoms with Crippen LogP contribution in [0.4, 0.5) is 5.69 Å². The lowest BCUT2D eigenvalue weighted by molar-refractivity contribution is -0.111. The molecule has 2 aromatic carbocycles. The van der Waals surface area contributed by atoms with Gasteiger partial charge >= 0.3 is 0 Å². The Morgan fingerprint density at radius 2 is 1.75 bits per heavy atom. The number of amides is 1. The minimum absolute atomic E-state index is 0.272. The van der Waals surface area contributed by atoms with E-state index in [0.29, 0.717) is 35.3 Å². The number of unbranched alkanes of at least 4 members (excludes halogenated alkanes) is 1. The molecule has 0 saturated carbocycles. The van der Waals surface area contributed by atoms with Crippen molar-refractivity contribution in [3.63, 3.8) is 0 Å². The van der Waals surface area contributed by atoms with Gasteiger partial charge in [0.15, 0.2) is 11.5 Å². The number of nitrogens with one attached hydrogen (secondary N) is 1. The summed E-state index contributed by atoms with van der Waals surface area (Å²) < 4.78 is 21.5. The summed E-state index contributed by atoms with van der Waals surface area (Å²) in [6, 6.07) is 10.7. The summed E-state index contributed by atoms with van der Waals surface area (Å²) in [6.07, 6.45) is 5.22. The van der Waals surface area contributed by atoms with Gasteiger partial charge in [-0.25, -0.2) is 0 Å². The maximum atomic E-state index is 12.3. The molecule has 0 atom stereocenters. The van der Waals surface area contributed by atoms with Crippen molar-refractivity contribution in [2.75, 3.05) is 33.3 Å². The van der Waals surface area contributed by atoms with Crippen LogP contribution < -0.4 is 24.3 Å². The highest BCUT2D eigenvalue weighted by Crippen LogP contribution is 2.30.